The van der Waals surface area contributed by atoms with E-state index in [4.69, 9.17) is 16.3 Å². The third-order valence-corrected chi connectivity index (χ3v) is 6.36. The normalized spacial score (nSPS) is 37.7. The van der Waals surface area contributed by atoms with E-state index in [1.165, 1.54) is 17.7 Å². The number of carbonyl (C=O) groups is 1. The van der Waals surface area contributed by atoms with Crippen molar-refractivity contribution in [3.63, 3.8) is 0 Å². The van der Waals surface area contributed by atoms with Crippen LogP contribution < -0.4 is 5.32 Å². The number of aromatic nitrogens is 1. The molecule has 26 heavy (non-hydrogen) atoms. The Morgan fingerprint density at radius 2 is 2.04 bits per heavy atom. The van der Waals surface area contributed by atoms with E-state index in [1.54, 1.807) is 30.3 Å². The van der Waals surface area contributed by atoms with E-state index in [0.717, 1.165) is 5.39 Å². The van der Waals surface area contributed by atoms with Crippen molar-refractivity contribution < 1.29 is 30.0 Å². The lowest BCUT2D eigenvalue weighted by atomic mass is 9.88. The van der Waals surface area contributed by atoms with Crippen LogP contribution in [0.4, 0.5) is 0 Å². The molecule has 0 unspecified atom stereocenters. The number of benzene rings is 1. The molecule has 1 aliphatic rings. The summed E-state index contributed by atoms with van der Waals surface area (Å²) in [5.74, 6) is -0.592. The highest BCUT2D eigenvalue weighted by Crippen LogP contribution is 2.53. The summed E-state index contributed by atoms with van der Waals surface area (Å²) in [5.41, 5.74) is -2.01. The van der Waals surface area contributed by atoms with Gasteiger partial charge in [0.15, 0.2) is 10.8 Å². The lowest BCUT2D eigenvalue weighted by Crippen LogP contribution is -2.78. The molecule has 10 heteroatoms. The lowest BCUT2D eigenvalue weighted by Gasteiger charge is -2.56. The maximum Gasteiger partial charge on any atom is 0.231 e. The Hall–Kier alpha value is -1.20. The molecule has 5 N–H and O–H groups in total. The summed E-state index contributed by atoms with van der Waals surface area (Å²) in [6.45, 7) is 0.300. The molecule has 1 saturated heterocycles. The van der Waals surface area contributed by atoms with Crippen LogP contribution >= 0.6 is 27.5 Å². The summed E-state index contributed by atoms with van der Waals surface area (Å²) in [6.07, 6.45) is -0.342. The second-order valence-corrected chi connectivity index (χ2v) is 7.99. The summed E-state index contributed by atoms with van der Waals surface area (Å²) in [5, 5.41) is 43.1. The van der Waals surface area contributed by atoms with Crippen LogP contribution in [0.2, 0.25) is 0 Å². The van der Waals surface area contributed by atoms with E-state index >= 15 is 0 Å². The molecule has 8 nitrogen and oxygen atoms in total. The number of alkyl halides is 2. The second-order valence-electron chi connectivity index (χ2n) is 6.17. The van der Waals surface area contributed by atoms with Crippen LogP contribution in [0, 0.1) is 0 Å². The standard InChI is InChI=1S/C16H18BrClN2O6/c1-9(22)19-12-13(23)26-14(17,8-21)16(18,25)15(12,24)20-7-6-10-4-2-3-5-11(10)20/h2-7,12-13,21,23-25H,8H2,1H3,(H,19,22)/t12-,13+,14+,15+,16-/m0/s1. The van der Waals surface area contributed by atoms with Crippen LogP contribution in [0.1, 0.15) is 6.92 Å². The quantitative estimate of drug-likeness (QED) is 0.425. The number of aliphatic hydroxyl groups excluding tert-OH is 2. The van der Waals surface area contributed by atoms with Crippen LogP contribution in [0.15, 0.2) is 36.5 Å². The number of carbonyl (C=O) groups excluding carboxylic acids is 1. The summed E-state index contributed by atoms with van der Waals surface area (Å²) in [4.78, 5) is 11.6. The van der Waals surface area contributed by atoms with Crippen LogP contribution in [-0.4, -0.2) is 59.4 Å². The predicted octanol–water partition coefficient (Wildman–Crippen LogP) is 0.151. The van der Waals surface area contributed by atoms with Crippen molar-refractivity contribution in [1.82, 2.24) is 9.88 Å². The summed E-state index contributed by atoms with van der Waals surface area (Å²) >= 11 is 9.29. The van der Waals surface area contributed by atoms with Gasteiger partial charge >= 0.3 is 0 Å². The molecule has 2 heterocycles. The third-order valence-electron chi connectivity index (χ3n) is 4.54. The first-order valence-electron chi connectivity index (χ1n) is 7.71. The maximum absolute atomic E-state index is 11.6. The van der Waals surface area contributed by atoms with Crippen LogP contribution in [0.25, 0.3) is 10.9 Å². The molecule has 3 rings (SSSR count). The number of nitrogens with zero attached hydrogens (tertiary/aromatic N) is 1. The van der Waals surface area contributed by atoms with Gasteiger partial charge in [0.05, 0.1) is 12.1 Å². The summed E-state index contributed by atoms with van der Waals surface area (Å²) in [7, 11) is 0. The zero-order valence-electron chi connectivity index (χ0n) is 13.6. The van der Waals surface area contributed by atoms with Gasteiger partial charge in [-0.1, -0.05) is 29.8 Å². The zero-order valence-corrected chi connectivity index (χ0v) is 16.0. The minimum absolute atomic E-state index is 0.478. The fraction of sp³-hybridized carbons (Fsp3) is 0.438. The van der Waals surface area contributed by atoms with E-state index in [1.807, 2.05) is 0 Å². The molecule has 1 amide bonds. The number of para-hydroxylation sites is 1. The van der Waals surface area contributed by atoms with Crippen LogP contribution in [0.5, 0.6) is 0 Å². The molecule has 0 bridgehead atoms. The van der Waals surface area contributed by atoms with Gasteiger partial charge in [0.2, 0.25) is 16.7 Å². The SMILES string of the molecule is CC(=O)N[C@H]1[C@H](O)O[C@](Br)(CO)[C@@](O)(Cl)[C@@]1(O)n1ccc2ccccc21. The predicted molar refractivity (Wildman–Crippen MR) is 96.4 cm³/mol. The van der Waals surface area contributed by atoms with E-state index in [9.17, 15) is 25.2 Å². The van der Waals surface area contributed by atoms with Crippen molar-refractivity contribution in [1.29, 1.82) is 0 Å². The van der Waals surface area contributed by atoms with Gasteiger partial charge in [-0.25, -0.2) is 0 Å². The van der Waals surface area contributed by atoms with Gasteiger partial charge < -0.3 is 35.0 Å². The van der Waals surface area contributed by atoms with Crippen molar-refractivity contribution in [3.8, 4) is 0 Å². The number of amides is 1. The highest BCUT2D eigenvalue weighted by Gasteiger charge is 2.72. The molecule has 1 fully saturated rings. The molecule has 2 aromatic rings. The first kappa shape index (κ1) is 19.6. The Bertz CT molecular complexity index is 845. The van der Waals surface area contributed by atoms with Crippen LogP contribution in [-0.2, 0) is 15.3 Å². The molecule has 0 aliphatic carbocycles. The Morgan fingerprint density at radius 3 is 2.65 bits per heavy atom. The van der Waals surface area contributed by atoms with Gasteiger partial charge in [0.25, 0.3) is 0 Å². The van der Waals surface area contributed by atoms with Crippen molar-refractivity contribution in [2.24, 2.45) is 0 Å². The minimum atomic E-state index is -2.69. The number of aliphatic hydroxyl groups is 4. The fourth-order valence-corrected chi connectivity index (χ4v) is 4.04. The molecule has 0 spiro atoms. The number of rotatable bonds is 3. The summed E-state index contributed by atoms with van der Waals surface area (Å²) in [6, 6.07) is 7.07. The van der Waals surface area contributed by atoms with Crippen molar-refractivity contribution in [3.05, 3.63) is 36.5 Å². The number of fused-ring (bicyclic) bond motifs is 1. The van der Waals surface area contributed by atoms with Crippen molar-refractivity contribution >= 4 is 44.3 Å². The molecule has 142 valence electrons. The molecule has 1 aromatic carbocycles. The average molecular weight is 450 g/mol. The van der Waals surface area contributed by atoms with Crippen molar-refractivity contribution in [2.75, 3.05) is 6.61 Å². The third kappa shape index (κ3) is 2.58. The van der Waals surface area contributed by atoms with Gasteiger partial charge in [-0.3, -0.25) is 4.79 Å². The summed E-state index contributed by atoms with van der Waals surface area (Å²) < 4.78 is 4.32. The lowest BCUT2D eigenvalue weighted by molar-refractivity contribution is -0.337. The van der Waals surface area contributed by atoms with E-state index < -0.39 is 40.1 Å². The van der Waals surface area contributed by atoms with Gasteiger partial charge in [-0.05, 0) is 33.4 Å². The molecule has 0 saturated carbocycles. The van der Waals surface area contributed by atoms with Gasteiger partial charge in [-0.15, -0.1) is 0 Å². The molecule has 0 radical (unpaired) electrons. The molecule has 1 aliphatic heterocycles. The first-order chi connectivity index (χ1) is 12.1. The van der Waals surface area contributed by atoms with Gasteiger partial charge in [0, 0.05) is 13.1 Å². The molecule has 5 atom stereocenters. The van der Waals surface area contributed by atoms with Crippen molar-refractivity contribution in [2.45, 2.75) is 34.6 Å². The number of ether oxygens (including phenoxy) is 1. The molecular formula is C16H18BrClN2O6. The number of halogens is 2. The minimum Gasteiger partial charge on any atom is -0.392 e. The smallest absolute Gasteiger partial charge is 0.231 e. The maximum atomic E-state index is 11.6. The van der Waals surface area contributed by atoms with Crippen LogP contribution in [0.3, 0.4) is 0 Å². The first-order valence-corrected chi connectivity index (χ1v) is 8.88. The number of nitrogens with one attached hydrogen (secondary N) is 1. The highest BCUT2D eigenvalue weighted by atomic mass is 79.9. The Balaban J connectivity index is 2.29. The number of hydrogen-bond donors (Lipinski definition) is 5. The fourth-order valence-electron chi connectivity index (χ4n) is 3.24. The number of hydrogen-bond acceptors (Lipinski definition) is 6. The average Bonchev–Trinajstić information content (AvgIpc) is 3.01. The Kier molecular flexibility index (Phi) is 4.85. The monoisotopic (exact) mass is 448 g/mol. The van der Waals surface area contributed by atoms with E-state index in [-0.39, 0.29) is 0 Å². The topological polar surface area (TPSA) is 124 Å². The van der Waals surface area contributed by atoms with E-state index in [0.29, 0.717) is 5.52 Å². The highest BCUT2D eigenvalue weighted by molar-refractivity contribution is 9.10. The van der Waals surface area contributed by atoms with Gasteiger partial charge in [-0.2, -0.15) is 0 Å². The largest absolute Gasteiger partial charge is 0.392 e. The molecule has 1 aromatic heterocycles. The molecular weight excluding hydrogens is 432 g/mol. The van der Waals surface area contributed by atoms with E-state index in [2.05, 4.69) is 21.2 Å². The Morgan fingerprint density at radius 1 is 1.38 bits per heavy atom. The second kappa shape index (κ2) is 6.45. The Labute approximate surface area is 162 Å². The van der Waals surface area contributed by atoms with Gasteiger partial charge in [0.1, 0.15) is 6.04 Å². The zero-order chi connectivity index (χ0) is 19.3.